The minimum atomic E-state index is -0.992. The van der Waals surface area contributed by atoms with Crippen LogP contribution in [0.15, 0.2) is 71.8 Å². The average Bonchev–Trinajstić information content (AvgIpc) is 2.83. The zero-order valence-corrected chi connectivity index (χ0v) is 18.3. The summed E-state index contributed by atoms with van der Waals surface area (Å²) < 4.78 is 16.3. The number of hydrogen-bond donors (Lipinski definition) is 2. The van der Waals surface area contributed by atoms with Gasteiger partial charge in [0.2, 0.25) is 5.91 Å². The third-order valence-electron chi connectivity index (χ3n) is 4.68. The Hall–Kier alpha value is -4.33. The van der Waals surface area contributed by atoms with Crippen LogP contribution in [0.2, 0.25) is 0 Å². The quantitative estimate of drug-likeness (QED) is 0.362. The highest BCUT2D eigenvalue weighted by atomic mass is 16.5. The SMILES string of the molecule is COc1ccc(CC(=O)N/N=C/c2ccc(OCc3cccc(C(=O)O)c3)c(OC)c2)cc1. The molecule has 0 aromatic heterocycles. The van der Waals surface area contributed by atoms with Crippen LogP contribution in [0, 0.1) is 0 Å². The van der Waals surface area contributed by atoms with Gasteiger partial charge < -0.3 is 19.3 Å². The van der Waals surface area contributed by atoms with Crippen molar-refractivity contribution in [3.8, 4) is 17.2 Å². The Bertz CT molecular complexity index is 1140. The molecule has 170 valence electrons. The molecular weight excluding hydrogens is 424 g/mol. The molecule has 0 spiro atoms. The van der Waals surface area contributed by atoms with Gasteiger partial charge in [0, 0.05) is 0 Å². The van der Waals surface area contributed by atoms with Crippen LogP contribution >= 0.6 is 0 Å². The molecule has 0 saturated heterocycles. The lowest BCUT2D eigenvalue weighted by Crippen LogP contribution is -2.19. The van der Waals surface area contributed by atoms with E-state index in [0.717, 1.165) is 16.9 Å². The minimum Gasteiger partial charge on any atom is -0.497 e. The fourth-order valence-corrected chi connectivity index (χ4v) is 2.99. The van der Waals surface area contributed by atoms with Gasteiger partial charge in [-0.2, -0.15) is 5.10 Å². The van der Waals surface area contributed by atoms with Crippen LogP contribution in [-0.2, 0) is 17.8 Å². The van der Waals surface area contributed by atoms with Crippen molar-refractivity contribution in [3.63, 3.8) is 0 Å². The number of carboxylic acid groups (broad SMARTS) is 1. The zero-order valence-electron chi connectivity index (χ0n) is 18.3. The molecule has 0 bridgehead atoms. The Kier molecular flexibility index (Phi) is 8.02. The molecule has 3 aromatic rings. The lowest BCUT2D eigenvalue weighted by Gasteiger charge is -2.11. The smallest absolute Gasteiger partial charge is 0.335 e. The summed E-state index contributed by atoms with van der Waals surface area (Å²) in [6.07, 6.45) is 1.70. The van der Waals surface area contributed by atoms with Crippen LogP contribution in [-0.4, -0.2) is 37.4 Å². The lowest BCUT2D eigenvalue weighted by molar-refractivity contribution is -0.120. The van der Waals surface area contributed by atoms with Gasteiger partial charge in [0.15, 0.2) is 11.5 Å². The van der Waals surface area contributed by atoms with Crippen LogP contribution in [0.5, 0.6) is 17.2 Å². The van der Waals surface area contributed by atoms with Crippen molar-refractivity contribution >= 4 is 18.1 Å². The second-order valence-electron chi connectivity index (χ2n) is 7.02. The molecule has 3 rings (SSSR count). The normalized spacial score (nSPS) is 10.6. The summed E-state index contributed by atoms with van der Waals surface area (Å²) in [5.74, 6) is 0.477. The van der Waals surface area contributed by atoms with Crippen LogP contribution in [0.1, 0.15) is 27.0 Å². The Morgan fingerprint density at radius 2 is 1.73 bits per heavy atom. The first-order valence-electron chi connectivity index (χ1n) is 10.1. The van der Waals surface area contributed by atoms with Crippen molar-refractivity contribution in [2.24, 2.45) is 5.10 Å². The Morgan fingerprint density at radius 1 is 0.939 bits per heavy atom. The number of carboxylic acids is 1. The number of carbonyl (C=O) groups is 2. The zero-order chi connectivity index (χ0) is 23.6. The summed E-state index contributed by atoms with van der Waals surface area (Å²) in [6, 6.07) is 19.0. The molecule has 0 heterocycles. The first kappa shape index (κ1) is 23.3. The number of ether oxygens (including phenoxy) is 3. The highest BCUT2D eigenvalue weighted by Gasteiger charge is 2.08. The molecule has 0 atom stereocenters. The van der Waals surface area contributed by atoms with E-state index in [-0.39, 0.29) is 24.5 Å². The maximum atomic E-state index is 12.1. The number of hydrazone groups is 1. The van der Waals surface area contributed by atoms with E-state index < -0.39 is 5.97 Å². The van der Waals surface area contributed by atoms with E-state index in [9.17, 15) is 9.59 Å². The average molecular weight is 448 g/mol. The maximum absolute atomic E-state index is 12.1. The van der Waals surface area contributed by atoms with Crippen molar-refractivity contribution in [3.05, 3.63) is 89.0 Å². The monoisotopic (exact) mass is 448 g/mol. The molecule has 0 aliphatic carbocycles. The molecule has 0 unspecified atom stereocenters. The van der Waals surface area contributed by atoms with Crippen LogP contribution in [0.3, 0.4) is 0 Å². The number of benzene rings is 3. The Morgan fingerprint density at radius 3 is 2.42 bits per heavy atom. The maximum Gasteiger partial charge on any atom is 0.335 e. The fourth-order valence-electron chi connectivity index (χ4n) is 2.99. The number of amides is 1. The van der Waals surface area contributed by atoms with Gasteiger partial charge in [0.25, 0.3) is 0 Å². The molecule has 8 heteroatoms. The standard InChI is InChI=1S/C25H24N2O6/c1-31-21-9-6-17(7-10-21)14-24(28)27-26-15-18-8-11-22(23(13-18)32-2)33-16-19-4-3-5-20(12-19)25(29)30/h3-13,15H,14,16H2,1-2H3,(H,27,28)(H,29,30)/b26-15+. The summed E-state index contributed by atoms with van der Waals surface area (Å²) in [5.41, 5.74) is 4.98. The highest BCUT2D eigenvalue weighted by Crippen LogP contribution is 2.28. The molecule has 3 aromatic carbocycles. The minimum absolute atomic E-state index is 0.187. The summed E-state index contributed by atoms with van der Waals surface area (Å²) in [4.78, 5) is 23.2. The molecule has 0 aliphatic heterocycles. The fraction of sp³-hybridized carbons (Fsp3) is 0.160. The summed E-state index contributed by atoms with van der Waals surface area (Å²) in [7, 11) is 3.11. The van der Waals surface area contributed by atoms with Crippen LogP contribution in [0.4, 0.5) is 0 Å². The van der Waals surface area contributed by atoms with E-state index in [1.165, 1.54) is 19.4 Å². The van der Waals surface area contributed by atoms with E-state index in [2.05, 4.69) is 10.5 Å². The number of rotatable bonds is 10. The predicted octanol–water partition coefficient (Wildman–Crippen LogP) is 3.67. The first-order chi connectivity index (χ1) is 16.0. The van der Waals surface area contributed by atoms with Crippen LogP contribution in [0.25, 0.3) is 0 Å². The first-order valence-corrected chi connectivity index (χ1v) is 10.1. The summed E-state index contributed by atoms with van der Waals surface area (Å²) in [6.45, 7) is 0.187. The van der Waals surface area contributed by atoms with Gasteiger partial charge in [-0.25, -0.2) is 10.2 Å². The number of nitrogens with one attached hydrogen (secondary N) is 1. The third-order valence-corrected chi connectivity index (χ3v) is 4.68. The van der Waals surface area contributed by atoms with Crippen molar-refractivity contribution in [1.29, 1.82) is 0 Å². The number of hydrogen-bond acceptors (Lipinski definition) is 6. The van der Waals surface area contributed by atoms with Crippen LogP contribution < -0.4 is 19.6 Å². The Labute approximate surface area is 191 Å². The number of carbonyl (C=O) groups excluding carboxylic acids is 1. The van der Waals surface area contributed by atoms with E-state index in [0.29, 0.717) is 17.1 Å². The molecule has 1 amide bonds. The van der Waals surface area contributed by atoms with E-state index >= 15 is 0 Å². The molecule has 0 radical (unpaired) electrons. The highest BCUT2D eigenvalue weighted by molar-refractivity contribution is 5.87. The van der Waals surface area contributed by atoms with Gasteiger partial charge >= 0.3 is 5.97 Å². The largest absolute Gasteiger partial charge is 0.497 e. The third kappa shape index (κ3) is 6.83. The van der Waals surface area contributed by atoms with Crippen molar-refractivity contribution < 1.29 is 28.9 Å². The number of nitrogens with zero attached hydrogens (tertiary/aromatic N) is 1. The lowest BCUT2D eigenvalue weighted by atomic mass is 10.1. The van der Waals surface area contributed by atoms with E-state index in [1.807, 2.05) is 12.1 Å². The van der Waals surface area contributed by atoms with Gasteiger partial charge in [-0.05, 0) is 59.2 Å². The number of aromatic carboxylic acids is 1. The summed E-state index contributed by atoms with van der Waals surface area (Å²) in [5, 5.41) is 13.1. The Balaban J connectivity index is 1.57. The van der Waals surface area contributed by atoms with Gasteiger partial charge in [-0.3, -0.25) is 4.79 Å². The molecule has 33 heavy (non-hydrogen) atoms. The molecule has 8 nitrogen and oxygen atoms in total. The van der Waals surface area contributed by atoms with Crippen molar-refractivity contribution in [2.45, 2.75) is 13.0 Å². The molecule has 0 saturated carbocycles. The van der Waals surface area contributed by atoms with E-state index in [1.54, 1.807) is 55.6 Å². The van der Waals surface area contributed by atoms with Gasteiger partial charge in [-0.1, -0.05) is 24.3 Å². The molecular formula is C25H24N2O6. The summed E-state index contributed by atoms with van der Waals surface area (Å²) >= 11 is 0. The predicted molar refractivity (Wildman–Crippen MR) is 123 cm³/mol. The van der Waals surface area contributed by atoms with Gasteiger partial charge in [-0.15, -0.1) is 0 Å². The second kappa shape index (κ2) is 11.3. The number of methoxy groups -OCH3 is 2. The van der Waals surface area contributed by atoms with E-state index in [4.69, 9.17) is 19.3 Å². The molecule has 0 aliphatic rings. The van der Waals surface area contributed by atoms with Crippen molar-refractivity contribution in [1.82, 2.24) is 5.43 Å². The second-order valence-corrected chi connectivity index (χ2v) is 7.02. The molecule has 2 N–H and O–H groups in total. The molecule has 0 fully saturated rings. The van der Waals surface area contributed by atoms with Gasteiger partial charge in [0.05, 0.1) is 32.4 Å². The van der Waals surface area contributed by atoms with Crippen molar-refractivity contribution in [2.75, 3.05) is 14.2 Å². The van der Waals surface area contributed by atoms with Gasteiger partial charge in [0.1, 0.15) is 12.4 Å². The topological polar surface area (TPSA) is 106 Å².